The number of allylic oxidation sites excluding steroid dienone is 6. The molecule has 0 aromatic carbocycles. The summed E-state index contributed by atoms with van der Waals surface area (Å²) >= 11 is 0. The van der Waals surface area contributed by atoms with E-state index in [1.807, 2.05) is 13.8 Å². The fourth-order valence-corrected chi connectivity index (χ4v) is 2.07. The predicted molar refractivity (Wildman–Crippen MR) is 69.3 cm³/mol. The summed E-state index contributed by atoms with van der Waals surface area (Å²) in [5, 5.41) is 0. The highest BCUT2D eigenvalue weighted by Gasteiger charge is 2.30. The van der Waals surface area contributed by atoms with Crippen molar-refractivity contribution in [3.05, 3.63) is 34.9 Å². The molecule has 1 heteroatoms. The van der Waals surface area contributed by atoms with Crippen molar-refractivity contribution in [3.63, 3.8) is 0 Å². The molecule has 0 unspecified atom stereocenters. The Kier molecular flexibility index (Phi) is 3.90. The molecule has 0 aromatic heterocycles. The van der Waals surface area contributed by atoms with Crippen molar-refractivity contribution in [2.45, 2.75) is 47.5 Å². The van der Waals surface area contributed by atoms with Crippen LogP contribution in [0, 0.1) is 5.41 Å². The van der Waals surface area contributed by atoms with Gasteiger partial charge in [-0.25, -0.2) is 0 Å². The SMILES string of the molecule is CC=C(C)C=CC1=C(C)C(=O)CCC1(C)C. The number of carbonyl (C=O) groups excluding carboxylic acids is 1. The molecule has 0 fully saturated rings. The van der Waals surface area contributed by atoms with Crippen LogP contribution in [0.4, 0.5) is 0 Å². The zero-order chi connectivity index (χ0) is 12.3. The number of ketones is 1. The summed E-state index contributed by atoms with van der Waals surface area (Å²) in [7, 11) is 0. The van der Waals surface area contributed by atoms with Gasteiger partial charge >= 0.3 is 0 Å². The summed E-state index contributed by atoms with van der Waals surface area (Å²) < 4.78 is 0. The lowest BCUT2D eigenvalue weighted by atomic mass is 9.72. The van der Waals surface area contributed by atoms with E-state index >= 15 is 0 Å². The van der Waals surface area contributed by atoms with Crippen LogP contribution < -0.4 is 0 Å². The molecule has 16 heavy (non-hydrogen) atoms. The zero-order valence-corrected chi connectivity index (χ0v) is 11.1. The van der Waals surface area contributed by atoms with E-state index in [2.05, 4.69) is 39.0 Å². The van der Waals surface area contributed by atoms with Gasteiger partial charge in [0.1, 0.15) is 0 Å². The molecule has 0 atom stereocenters. The third-order valence-electron chi connectivity index (χ3n) is 3.50. The Bertz CT molecular complexity index is 378. The highest BCUT2D eigenvalue weighted by atomic mass is 16.1. The molecule has 0 saturated heterocycles. The molecule has 0 radical (unpaired) electrons. The van der Waals surface area contributed by atoms with E-state index in [1.54, 1.807) is 0 Å². The molecule has 0 heterocycles. The fraction of sp³-hybridized carbons (Fsp3) is 0.533. The lowest BCUT2D eigenvalue weighted by Gasteiger charge is -2.32. The minimum atomic E-state index is 0.127. The molecule has 88 valence electrons. The zero-order valence-electron chi connectivity index (χ0n) is 11.1. The van der Waals surface area contributed by atoms with Gasteiger partial charge in [0.05, 0.1) is 0 Å². The topological polar surface area (TPSA) is 17.1 Å². The molecule has 0 bridgehead atoms. The average Bonchev–Trinajstić information content (AvgIpc) is 2.23. The van der Waals surface area contributed by atoms with Gasteiger partial charge in [0, 0.05) is 6.42 Å². The monoisotopic (exact) mass is 218 g/mol. The fourth-order valence-electron chi connectivity index (χ4n) is 2.07. The second kappa shape index (κ2) is 4.82. The van der Waals surface area contributed by atoms with Gasteiger partial charge in [-0.15, -0.1) is 0 Å². The van der Waals surface area contributed by atoms with Gasteiger partial charge in [0.25, 0.3) is 0 Å². The van der Waals surface area contributed by atoms with Gasteiger partial charge in [0.15, 0.2) is 5.78 Å². The Morgan fingerprint density at radius 1 is 1.38 bits per heavy atom. The Balaban J connectivity index is 3.10. The molecule has 1 nitrogen and oxygen atoms in total. The highest BCUT2D eigenvalue weighted by Crippen LogP contribution is 2.39. The third-order valence-corrected chi connectivity index (χ3v) is 3.50. The van der Waals surface area contributed by atoms with E-state index in [0.29, 0.717) is 12.2 Å². The molecule has 0 saturated carbocycles. The van der Waals surface area contributed by atoms with Gasteiger partial charge < -0.3 is 0 Å². The number of Topliss-reactive ketones (excluding diaryl/α,β-unsaturated/α-hetero) is 1. The van der Waals surface area contributed by atoms with Crippen molar-refractivity contribution < 1.29 is 4.79 Å². The summed E-state index contributed by atoms with van der Waals surface area (Å²) in [6, 6.07) is 0. The Labute approximate surface area is 98.9 Å². The first-order chi connectivity index (χ1) is 7.38. The van der Waals surface area contributed by atoms with Gasteiger partial charge in [-0.3, -0.25) is 4.79 Å². The average molecular weight is 218 g/mol. The van der Waals surface area contributed by atoms with E-state index in [-0.39, 0.29) is 5.41 Å². The molecule has 1 aliphatic carbocycles. The van der Waals surface area contributed by atoms with E-state index in [0.717, 1.165) is 12.0 Å². The number of carbonyl (C=O) groups is 1. The second-order valence-corrected chi connectivity index (χ2v) is 5.21. The van der Waals surface area contributed by atoms with Crippen molar-refractivity contribution in [2.24, 2.45) is 5.41 Å². The van der Waals surface area contributed by atoms with Crippen LogP contribution in [0.5, 0.6) is 0 Å². The molecule has 1 aliphatic rings. The molecule has 0 amide bonds. The standard InChI is InChI=1S/C15H22O/c1-6-11(2)7-8-13-12(3)14(16)9-10-15(13,4)5/h6-8H,9-10H2,1-5H3. The highest BCUT2D eigenvalue weighted by molar-refractivity contribution is 5.97. The van der Waals surface area contributed by atoms with Crippen LogP contribution in [0.25, 0.3) is 0 Å². The van der Waals surface area contributed by atoms with Gasteiger partial charge in [0.2, 0.25) is 0 Å². The van der Waals surface area contributed by atoms with Crippen LogP contribution in [0.15, 0.2) is 34.9 Å². The van der Waals surface area contributed by atoms with E-state index in [9.17, 15) is 4.79 Å². The normalized spacial score (nSPS) is 22.1. The van der Waals surface area contributed by atoms with Crippen molar-refractivity contribution in [2.75, 3.05) is 0 Å². The first kappa shape index (κ1) is 13.0. The smallest absolute Gasteiger partial charge is 0.158 e. The third kappa shape index (κ3) is 2.72. The van der Waals surface area contributed by atoms with Crippen LogP contribution in [-0.2, 0) is 4.79 Å². The number of hydrogen-bond donors (Lipinski definition) is 0. The summed E-state index contributed by atoms with van der Waals surface area (Å²) in [6.45, 7) is 10.5. The maximum atomic E-state index is 11.7. The van der Waals surface area contributed by atoms with Crippen LogP contribution >= 0.6 is 0 Å². The number of rotatable bonds is 2. The van der Waals surface area contributed by atoms with Crippen LogP contribution in [-0.4, -0.2) is 5.78 Å². The van der Waals surface area contributed by atoms with Crippen molar-refractivity contribution in [3.8, 4) is 0 Å². The maximum Gasteiger partial charge on any atom is 0.158 e. The first-order valence-corrected chi connectivity index (χ1v) is 5.94. The van der Waals surface area contributed by atoms with E-state index in [1.165, 1.54) is 11.1 Å². The van der Waals surface area contributed by atoms with Crippen molar-refractivity contribution in [1.82, 2.24) is 0 Å². The summed E-state index contributed by atoms with van der Waals surface area (Å²) in [4.78, 5) is 11.7. The molecular weight excluding hydrogens is 196 g/mol. The van der Waals surface area contributed by atoms with Gasteiger partial charge in [-0.05, 0) is 43.8 Å². The summed E-state index contributed by atoms with van der Waals surface area (Å²) in [5.74, 6) is 0.303. The Hall–Kier alpha value is -1.11. The van der Waals surface area contributed by atoms with E-state index < -0.39 is 0 Å². The molecule has 0 spiro atoms. The Morgan fingerprint density at radius 3 is 2.56 bits per heavy atom. The summed E-state index contributed by atoms with van der Waals surface area (Å²) in [6.07, 6.45) is 7.93. The molecule has 0 aromatic rings. The first-order valence-electron chi connectivity index (χ1n) is 5.94. The van der Waals surface area contributed by atoms with Crippen LogP contribution in [0.1, 0.15) is 47.5 Å². The van der Waals surface area contributed by atoms with Crippen molar-refractivity contribution >= 4 is 5.78 Å². The number of hydrogen-bond acceptors (Lipinski definition) is 1. The van der Waals surface area contributed by atoms with E-state index in [4.69, 9.17) is 0 Å². The minimum absolute atomic E-state index is 0.127. The van der Waals surface area contributed by atoms with Gasteiger partial charge in [-0.2, -0.15) is 0 Å². The molecule has 0 N–H and O–H groups in total. The quantitative estimate of drug-likeness (QED) is 0.634. The molecular formula is C15H22O. The second-order valence-electron chi connectivity index (χ2n) is 5.21. The lowest BCUT2D eigenvalue weighted by Crippen LogP contribution is -2.24. The van der Waals surface area contributed by atoms with Crippen LogP contribution in [0.3, 0.4) is 0 Å². The van der Waals surface area contributed by atoms with Crippen LogP contribution in [0.2, 0.25) is 0 Å². The Morgan fingerprint density at radius 2 is 2.00 bits per heavy atom. The largest absolute Gasteiger partial charge is 0.295 e. The van der Waals surface area contributed by atoms with Gasteiger partial charge in [-0.1, -0.05) is 37.6 Å². The minimum Gasteiger partial charge on any atom is -0.295 e. The maximum absolute atomic E-state index is 11.7. The van der Waals surface area contributed by atoms with Crippen molar-refractivity contribution in [1.29, 1.82) is 0 Å². The molecule has 0 aliphatic heterocycles. The summed E-state index contributed by atoms with van der Waals surface area (Å²) in [5.41, 5.74) is 3.50. The predicted octanol–water partition coefficient (Wildman–Crippen LogP) is 4.21. The lowest BCUT2D eigenvalue weighted by molar-refractivity contribution is -0.116. The molecule has 1 rings (SSSR count).